The first-order valence-corrected chi connectivity index (χ1v) is 8.28. The van der Waals surface area contributed by atoms with Crippen molar-refractivity contribution in [3.05, 3.63) is 30.1 Å². The molecule has 2 bridgehead atoms. The quantitative estimate of drug-likeness (QED) is 0.790. The number of hydrogen-bond donors (Lipinski definition) is 2. The van der Waals surface area contributed by atoms with E-state index in [0.717, 1.165) is 37.9 Å². The lowest BCUT2D eigenvalue weighted by Crippen LogP contribution is -2.46. The van der Waals surface area contributed by atoms with E-state index in [9.17, 15) is 9.18 Å². The van der Waals surface area contributed by atoms with Crippen molar-refractivity contribution in [3.63, 3.8) is 0 Å². The molecule has 0 spiro atoms. The minimum atomic E-state index is -0.236. The fraction of sp³-hybridized carbons (Fsp3) is 0.588. The third kappa shape index (κ3) is 4.13. The van der Waals surface area contributed by atoms with E-state index in [1.807, 2.05) is 18.0 Å². The monoisotopic (exact) mass is 321 g/mol. The number of urea groups is 1. The first kappa shape index (κ1) is 16.1. The maximum absolute atomic E-state index is 13.2. The number of ether oxygens (including phenoxy) is 1. The highest BCUT2D eigenvalue weighted by atomic mass is 19.1. The molecule has 3 atom stereocenters. The predicted molar refractivity (Wildman–Crippen MR) is 87.1 cm³/mol. The van der Waals surface area contributed by atoms with Gasteiger partial charge in [0, 0.05) is 25.8 Å². The molecule has 126 valence electrons. The molecule has 2 saturated heterocycles. The van der Waals surface area contributed by atoms with Crippen molar-refractivity contribution >= 4 is 11.7 Å². The number of amides is 2. The van der Waals surface area contributed by atoms with Crippen LogP contribution in [0.2, 0.25) is 0 Å². The van der Waals surface area contributed by atoms with E-state index in [0.29, 0.717) is 12.6 Å². The van der Waals surface area contributed by atoms with Gasteiger partial charge in [0.1, 0.15) is 5.82 Å². The van der Waals surface area contributed by atoms with E-state index in [2.05, 4.69) is 10.6 Å². The summed E-state index contributed by atoms with van der Waals surface area (Å²) in [5, 5.41) is 5.88. The normalized spacial score (nSPS) is 25.4. The number of hydrogen-bond acceptors (Lipinski definition) is 3. The molecule has 0 unspecified atom stereocenters. The van der Waals surface area contributed by atoms with Gasteiger partial charge in [0.15, 0.2) is 0 Å². The highest BCUT2D eigenvalue weighted by Crippen LogP contribution is 2.34. The number of anilines is 1. The van der Waals surface area contributed by atoms with Gasteiger partial charge in [-0.2, -0.15) is 0 Å². The van der Waals surface area contributed by atoms with Gasteiger partial charge >= 0.3 is 6.03 Å². The lowest BCUT2D eigenvalue weighted by molar-refractivity contribution is 0.0981. The third-order valence-corrected chi connectivity index (χ3v) is 4.63. The number of fused-ring (bicyclic) bond motifs is 2. The molecular formula is C17H24FN3O2. The first-order valence-electron chi connectivity index (χ1n) is 8.28. The van der Waals surface area contributed by atoms with Gasteiger partial charge in [0.2, 0.25) is 0 Å². The van der Waals surface area contributed by atoms with Crippen LogP contribution in [0.4, 0.5) is 14.9 Å². The van der Waals surface area contributed by atoms with Crippen molar-refractivity contribution in [1.82, 2.24) is 10.6 Å². The number of carbonyl (C=O) groups excluding carboxylic acids is 1. The second-order valence-corrected chi connectivity index (χ2v) is 6.37. The summed E-state index contributed by atoms with van der Waals surface area (Å²) in [6.45, 7) is 1.34. The van der Waals surface area contributed by atoms with Crippen LogP contribution in [0.3, 0.4) is 0 Å². The van der Waals surface area contributed by atoms with E-state index in [4.69, 9.17) is 4.74 Å². The van der Waals surface area contributed by atoms with Crippen LogP contribution in [-0.4, -0.2) is 44.4 Å². The summed E-state index contributed by atoms with van der Waals surface area (Å²) in [7, 11) is 1.92. The standard InChI is InChI=1S/C17H24FN3O2/c1-21(13-5-2-4-12(18)10-13)9-3-8-19-17(22)20-15-11-14-6-7-16(15)23-14/h2,4-5,10,14-16H,3,6-9,11H2,1H3,(H2,19,20,22)/t14-,15+,16-/m1/s1. The molecule has 2 heterocycles. The highest BCUT2D eigenvalue weighted by Gasteiger charge is 2.41. The van der Waals surface area contributed by atoms with Gasteiger partial charge in [0.05, 0.1) is 18.2 Å². The van der Waals surface area contributed by atoms with Gasteiger partial charge in [-0.1, -0.05) is 6.07 Å². The van der Waals surface area contributed by atoms with Gasteiger partial charge in [-0.3, -0.25) is 0 Å². The smallest absolute Gasteiger partial charge is 0.315 e. The molecule has 1 aromatic carbocycles. The molecule has 0 aliphatic carbocycles. The van der Waals surface area contributed by atoms with Crippen LogP contribution >= 0.6 is 0 Å². The lowest BCUT2D eigenvalue weighted by Gasteiger charge is -2.21. The van der Waals surface area contributed by atoms with Gasteiger partial charge in [-0.05, 0) is 43.9 Å². The van der Waals surface area contributed by atoms with Crippen LogP contribution in [0.15, 0.2) is 24.3 Å². The van der Waals surface area contributed by atoms with Crippen molar-refractivity contribution in [1.29, 1.82) is 0 Å². The number of nitrogens with zero attached hydrogens (tertiary/aromatic N) is 1. The Hall–Kier alpha value is -1.82. The summed E-state index contributed by atoms with van der Waals surface area (Å²) in [6, 6.07) is 6.55. The Morgan fingerprint density at radius 3 is 3.00 bits per heavy atom. The largest absolute Gasteiger partial charge is 0.374 e. The number of nitrogens with one attached hydrogen (secondary N) is 2. The van der Waals surface area contributed by atoms with Crippen molar-refractivity contribution in [2.75, 3.05) is 25.0 Å². The fourth-order valence-electron chi connectivity index (χ4n) is 3.37. The van der Waals surface area contributed by atoms with E-state index < -0.39 is 0 Å². The minimum Gasteiger partial charge on any atom is -0.374 e. The predicted octanol–water partition coefficient (Wildman–Crippen LogP) is 2.27. The van der Waals surface area contributed by atoms with E-state index in [-0.39, 0.29) is 24.0 Å². The van der Waals surface area contributed by atoms with Gasteiger partial charge < -0.3 is 20.3 Å². The maximum Gasteiger partial charge on any atom is 0.315 e. The van der Waals surface area contributed by atoms with Crippen LogP contribution in [0.25, 0.3) is 0 Å². The topological polar surface area (TPSA) is 53.6 Å². The first-order chi connectivity index (χ1) is 11.1. The molecule has 5 nitrogen and oxygen atoms in total. The summed E-state index contributed by atoms with van der Waals surface area (Å²) in [5.41, 5.74) is 0.841. The lowest BCUT2D eigenvalue weighted by atomic mass is 9.96. The maximum atomic E-state index is 13.2. The molecule has 6 heteroatoms. The summed E-state index contributed by atoms with van der Waals surface area (Å²) in [4.78, 5) is 13.9. The van der Waals surface area contributed by atoms with E-state index >= 15 is 0 Å². The minimum absolute atomic E-state index is 0.125. The van der Waals surface area contributed by atoms with Crippen LogP contribution in [-0.2, 0) is 4.74 Å². The third-order valence-electron chi connectivity index (χ3n) is 4.63. The summed E-state index contributed by atoms with van der Waals surface area (Å²) in [5.74, 6) is -0.236. The fourth-order valence-corrected chi connectivity index (χ4v) is 3.37. The Kier molecular flexibility index (Phi) is 5.00. The molecule has 2 fully saturated rings. The zero-order valence-corrected chi connectivity index (χ0v) is 13.4. The molecule has 0 radical (unpaired) electrons. The van der Waals surface area contributed by atoms with Crippen LogP contribution in [0.5, 0.6) is 0 Å². The number of halogens is 1. The molecule has 2 amide bonds. The number of carbonyl (C=O) groups is 1. The van der Waals surface area contributed by atoms with E-state index in [1.54, 1.807) is 6.07 Å². The Morgan fingerprint density at radius 2 is 2.30 bits per heavy atom. The van der Waals surface area contributed by atoms with Gasteiger partial charge in [-0.15, -0.1) is 0 Å². The summed E-state index contributed by atoms with van der Waals surface area (Å²) >= 11 is 0. The zero-order valence-electron chi connectivity index (χ0n) is 13.4. The molecule has 2 aliphatic heterocycles. The van der Waals surface area contributed by atoms with Crippen LogP contribution in [0, 0.1) is 5.82 Å². The Labute approximate surface area is 136 Å². The second-order valence-electron chi connectivity index (χ2n) is 6.37. The highest BCUT2D eigenvalue weighted by molar-refractivity contribution is 5.74. The molecule has 0 aromatic heterocycles. The van der Waals surface area contributed by atoms with Gasteiger partial charge in [-0.25, -0.2) is 9.18 Å². The molecule has 2 N–H and O–H groups in total. The molecule has 2 aliphatic rings. The van der Waals surface area contributed by atoms with Crippen molar-refractivity contribution in [2.24, 2.45) is 0 Å². The molecule has 1 aromatic rings. The van der Waals surface area contributed by atoms with Crippen LogP contribution < -0.4 is 15.5 Å². The van der Waals surface area contributed by atoms with Crippen molar-refractivity contribution in [2.45, 2.75) is 43.9 Å². The number of rotatable bonds is 6. The number of benzene rings is 1. The Balaban J connectivity index is 1.32. The second kappa shape index (κ2) is 7.17. The Morgan fingerprint density at radius 1 is 1.43 bits per heavy atom. The zero-order chi connectivity index (χ0) is 16.2. The van der Waals surface area contributed by atoms with Crippen molar-refractivity contribution in [3.8, 4) is 0 Å². The Bertz CT molecular complexity index is 554. The molecular weight excluding hydrogens is 297 g/mol. The summed E-state index contributed by atoms with van der Waals surface area (Å²) < 4.78 is 18.9. The SMILES string of the molecule is CN(CCCNC(=O)N[C@H]1C[C@H]2CC[C@H]1O2)c1cccc(F)c1. The van der Waals surface area contributed by atoms with Crippen molar-refractivity contribution < 1.29 is 13.9 Å². The van der Waals surface area contributed by atoms with Gasteiger partial charge in [0.25, 0.3) is 0 Å². The molecule has 23 heavy (non-hydrogen) atoms. The molecule has 3 rings (SSSR count). The summed E-state index contributed by atoms with van der Waals surface area (Å²) in [6.07, 6.45) is 4.44. The molecule has 0 saturated carbocycles. The van der Waals surface area contributed by atoms with E-state index in [1.165, 1.54) is 12.1 Å². The average molecular weight is 321 g/mol. The average Bonchev–Trinajstić information content (AvgIpc) is 3.14. The van der Waals surface area contributed by atoms with Crippen LogP contribution in [0.1, 0.15) is 25.7 Å².